The monoisotopic (exact) mass is 404 g/mol. The highest BCUT2D eigenvalue weighted by molar-refractivity contribution is 7.99. The van der Waals surface area contributed by atoms with Gasteiger partial charge in [-0.2, -0.15) is 0 Å². The SMILES string of the molecule is O=C1NC(=O)N(Cc2ccco2)C(=O)/C1=C\c1ccccc1Sc1ccccc1. The minimum atomic E-state index is -0.763. The van der Waals surface area contributed by atoms with Gasteiger partial charge in [0, 0.05) is 9.79 Å². The molecule has 4 amide bonds. The predicted molar refractivity (Wildman–Crippen MR) is 108 cm³/mol. The van der Waals surface area contributed by atoms with Crippen LogP contribution < -0.4 is 5.32 Å². The van der Waals surface area contributed by atoms with E-state index >= 15 is 0 Å². The maximum atomic E-state index is 12.9. The molecule has 2 heterocycles. The number of hydrogen-bond acceptors (Lipinski definition) is 5. The van der Waals surface area contributed by atoms with Crippen LogP contribution in [-0.4, -0.2) is 22.7 Å². The molecule has 0 bridgehead atoms. The van der Waals surface area contributed by atoms with Gasteiger partial charge in [-0.25, -0.2) is 4.79 Å². The van der Waals surface area contributed by atoms with Gasteiger partial charge in [0.15, 0.2) is 0 Å². The van der Waals surface area contributed by atoms with Crippen molar-refractivity contribution in [3.8, 4) is 0 Å². The quantitative estimate of drug-likeness (QED) is 0.512. The van der Waals surface area contributed by atoms with E-state index in [1.54, 1.807) is 12.1 Å². The smallest absolute Gasteiger partial charge is 0.331 e. The number of nitrogens with one attached hydrogen (secondary N) is 1. The summed E-state index contributed by atoms with van der Waals surface area (Å²) in [7, 11) is 0. The Morgan fingerprint density at radius 2 is 1.69 bits per heavy atom. The molecule has 1 N–H and O–H groups in total. The van der Waals surface area contributed by atoms with Crippen molar-refractivity contribution in [2.45, 2.75) is 16.3 Å². The summed E-state index contributed by atoms with van der Waals surface area (Å²) < 4.78 is 5.22. The van der Waals surface area contributed by atoms with Crippen molar-refractivity contribution in [2.24, 2.45) is 0 Å². The molecule has 0 spiro atoms. The molecule has 1 aromatic heterocycles. The van der Waals surface area contributed by atoms with E-state index in [-0.39, 0.29) is 12.1 Å². The van der Waals surface area contributed by atoms with Crippen LogP contribution in [0.2, 0.25) is 0 Å². The Labute approximate surface area is 171 Å². The topological polar surface area (TPSA) is 79.6 Å². The van der Waals surface area contributed by atoms with E-state index in [1.807, 2.05) is 54.6 Å². The minimum Gasteiger partial charge on any atom is -0.467 e. The van der Waals surface area contributed by atoms with Crippen LogP contribution in [-0.2, 0) is 16.1 Å². The van der Waals surface area contributed by atoms with E-state index in [1.165, 1.54) is 24.1 Å². The molecule has 144 valence electrons. The Balaban J connectivity index is 1.65. The third-order valence-corrected chi connectivity index (χ3v) is 5.37. The van der Waals surface area contributed by atoms with E-state index in [2.05, 4.69) is 5.32 Å². The van der Waals surface area contributed by atoms with E-state index in [0.717, 1.165) is 14.7 Å². The summed E-state index contributed by atoms with van der Waals surface area (Å²) in [6.45, 7) is -0.0529. The molecular formula is C22H16N2O4S. The maximum absolute atomic E-state index is 12.9. The van der Waals surface area contributed by atoms with Gasteiger partial charge >= 0.3 is 6.03 Å². The second-order valence-corrected chi connectivity index (χ2v) is 7.36. The van der Waals surface area contributed by atoms with Crippen LogP contribution in [0.15, 0.2) is 92.8 Å². The van der Waals surface area contributed by atoms with Crippen molar-refractivity contribution in [3.63, 3.8) is 0 Å². The van der Waals surface area contributed by atoms with E-state index < -0.39 is 17.8 Å². The van der Waals surface area contributed by atoms with Gasteiger partial charge in [-0.3, -0.25) is 19.8 Å². The number of barbiturate groups is 1. The summed E-state index contributed by atoms with van der Waals surface area (Å²) in [6, 6.07) is 19.8. The van der Waals surface area contributed by atoms with E-state index in [9.17, 15) is 14.4 Å². The molecule has 1 fully saturated rings. The van der Waals surface area contributed by atoms with Gasteiger partial charge in [-0.1, -0.05) is 48.2 Å². The van der Waals surface area contributed by atoms with Gasteiger partial charge in [-0.15, -0.1) is 0 Å². The molecule has 0 saturated carbocycles. The number of carbonyl (C=O) groups is 3. The number of urea groups is 1. The zero-order chi connectivity index (χ0) is 20.2. The number of nitrogens with zero attached hydrogens (tertiary/aromatic N) is 1. The van der Waals surface area contributed by atoms with Crippen LogP contribution in [0.4, 0.5) is 4.79 Å². The van der Waals surface area contributed by atoms with Gasteiger partial charge in [0.1, 0.15) is 11.3 Å². The number of amides is 4. The average molecular weight is 404 g/mol. The summed E-state index contributed by atoms with van der Waals surface area (Å²) >= 11 is 1.53. The molecule has 0 radical (unpaired) electrons. The second kappa shape index (κ2) is 8.20. The Morgan fingerprint density at radius 1 is 0.931 bits per heavy atom. The molecule has 1 aliphatic rings. The number of benzene rings is 2. The normalized spacial score (nSPS) is 15.7. The first-order valence-corrected chi connectivity index (χ1v) is 9.66. The Bertz CT molecular complexity index is 1090. The molecule has 6 nitrogen and oxygen atoms in total. The second-order valence-electron chi connectivity index (χ2n) is 6.24. The maximum Gasteiger partial charge on any atom is 0.331 e. The lowest BCUT2D eigenvalue weighted by molar-refractivity contribution is -0.130. The van der Waals surface area contributed by atoms with Gasteiger partial charge in [-0.05, 0) is 42.0 Å². The predicted octanol–water partition coefficient (Wildman–Crippen LogP) is 4.09. The van der Waals surface area contributed by atoms with Gasteiger partial charge in [0.2, 0.25) is 0 Å². The number of rotatable bonds is 5. The fraction of sp³-hybridized carbons (Fsp3) is 0.0455. The van der Waals surface area contributed by atoms with Crippen molar-refractivity contribution in [2.75, 3.05) is 0 Å². The van der Waals surface area contributed by atoms with Crippen LogP contribution in [0.5, 0.6) is 0 Å². The molecule has 4 rings (SSSR count). The van der Waals surface area contributed by atoms with Crippen LogP contribution >= 0.6 is 11.8 Å². The highest BCUT2D eigenvalue weighted by atomic mass is 32.2. The summed E-state index contributed by atoms with van der Waals surface area (Å²) in [4.78, 5) is 40.3. The molecule has 2 aromatic carbocycles. The highest BCUT2D eigenvalue weighted by Gasteiger charge is 2.36. The summed E-state index contributed by atoms with van der Waals surface area (Å²) in [5.41, 5.74) is 0.615. The zero-order valence-electron chi connectivity index (χ0n) is 15.2. The van der Waals surface area contributed by atoms with Crippen molar-refractivity contribution in [1.29, 1.82) is 0 Å². The molecule has 7 heteroatoms. The van der Waals surface area contributed by atoms with Crippen LogP contribution in [0, 0.1) is 0 Å². The highest BCUT2D eigenvalue weighted by Crippen LogP contribution is 2.31. The van der Waals surface area contributed by atoms with Gasteiger partial charge in [0.25, 0.3) is 11.8 Å². The fourth-order valence-electron chi connectivity index (χ4n) is 2.86. The standard InChI is InChI=1S/C22H16N2O4S/c25-20-18(21(26)24(22(27)23-20)14-16-8-6-12-28-16)13-15-7-4-5-11-19(15)29-17-9-2-1-3-10-17/h1-13H,14H2,(H,23,25,27)/b18-13-. The molecule has 29 heavy (non-hydrogen) atoms. The molecule has 1 aliphatic heterocycles. The fourth-order valence-corrected chi connectivity index (χ4v) is 3.80. The number of hydrogen-bond donors (Lipinski definition) is 1. The Hall–Kier alpha value is -3.58. The lowest BCUT2D eigenvalue weighted by Gasteiger charge is -2.25. The van der Waals surface area contributed by atoms with Gasteiger partial charge < -0.3 is 4.42 Å². The van der Waals surface area contributed by atoms with Gasteiger partial charge in [0.05, 0.1) is 12.8 Å². The van der Waals surface area contributed by atoms with Crippen LogP contribution in [0.25, 0.3) is 6.08 Å². The first kappa shape index (κ1) is 18.8. The average Bonchev–Trinajstić information content (AvgIpc) is 3.24. The third-order valence-electron chi connectivity index (χ3n) is 4.27. The van der Waals surface area contributed by atoms with E-state index in [4.69, 9.17) is 4.42 Å². The number of carbonyl (C=O) groups excluding carboxylic acids is 3. The van der Waals surface area contributed by atoms with Crippen molar-refractivity contribution in [3.05, 3.63) is 89.9 Å². The summed E-state index contributed by atoms with van der Waals surface area (Å²) in [5.74, 6) is -0.924. The molecular weight excluding hydrogens is 388 g/mol. The van der Waals surface area contributed by atoms with Crippen LogP contribution in [0.1, 0.15) is 11.3 Å². The summed E-state index contributed by atoms with van der Waals surface area (Å²) in [6.07, 6.45) is 2.98. The van der Waals surface area contributed by atoms with Crippen LogP contribution in [0.3, 0.4) is 0 Å². The van der Waals surface area contributed by atoms with Crippen molar-refractivity contribution >= 4 is 35.7 Å². The van der Waals surface area contributed by atoms with Crippen molar-refractivity contribution in [1.82, 2.24) is 10.2 Å². The largest absolute Gasteiger partial charge is 0.467 e. The Kier molecular flexibility index (Phi) is 5.31. The summed E-state index contributed by atoms with van der Waals surface area (Å²) in [5, 5.41) is 2.22. The van der Waals surface area contributed by atoms with E-state index in [0.29, 0.717) is 11.3 Å². The Morgan fingerprint density at radius 3 is 2.45 bits per heavy atom. The molecule has 0 aliphatic carbocycles. The number of imide groups is 2. The molecule has 3 aromatic rings. The molecule has 0 atom stereocenters. The number of furan rings is 1. The first-order chi connectivity index (χ1) is 14.1. The third kappa shape index (κ3) is 4.14. The van der Waals surface area contributed by atoms with Crippen molar-refractivity contribution < 1.29 is 18.8 Å². The zero-order valence-corrected chi connectivity index (χ0v) is 16.0. The lowest BCUT2D eigenvalue weighted by Crippen LogP contribution is -2.53. The molecule has 0 unspecified atom stereocenters. The lowest BCUT2D eigenvalue weighted by atomic mass is 10.1. The minimum absolute atomic E-state index is 0.0529. The molecule has 1 saturated heterocycles. The first-order valence-electron chi connectivity index (χ1n) is 8.85.